The Morgan fingerprint density at radius 2 is 1.89 bits per heavy atom. The van der Waals surface area contributed by atoms with Crippen LogP contribution in [0.5, 0.6) is 0 Å². The first-order valence-corrected chi connectivity index (χ1v) is 11.1. The molecule has 6 heteroatoms. The average molecular weight is 643 g/mol. The van der Waals surface area contributed by atoms with Crippen molar-refractivity contribution in [1.82, 2.24) is 9.88 Å². The van der Waals surface area contributed by atoms with Crippen molar-refractivity contribution in [1.29, 1.82) is 0 Å². The summed E-state index contributed by atoms with van der Waals surface area (Å²) in [5.41, 5.74) is 6.77. The Bertz CT molecular complexity index is 1340. The number of rotatable bonds is 2. The van der Waals surface area contributed by atoms with Crippen LogP contribution in [0.15, 0.2) is 85.3 Å². The summed E-state index contributed by atoms with van der Waals surface area (Å²) in [5, 5.41) is 4.41. The predicted molar refractivity (Wildman–Crippen MR) is 130 cm³/mol. The van der Waals surface area contributed by atoms with Gasteiger partial charge in [0.1, 0.15) is 0 Å². The second-order valence-corrected chi connectivity index (χ2v) is 8.20. The third kappa shape index (κ3) is 5.34. The number of aromatic nitrogens is 1. The molecule has 0 amide bonds. The van der Waals surface area contributed by atoms with E-state index in [2.05, 4.69) is 45.7 Å². The van der Waals surface area contributed by atoms with Gasteiger partial charge in [0.15, 0.2) is 0 Å². The Kier molecular flexibility index (Phi) is 7.74. The van der Waals surface area contributed by atoms with E-state index >= 15 is 0 Å². The normalized spacial score (nSPS) is 15.2. The SMILES string of the molecule is Cc1cc(-c2[c-]c(F)c(F)cc2)ncc1-c1ccccc1.[Ir+3].[c-]1cccc2c1C1[N-]C=CN1CC2. The van der Waals surface area contributed by atoms with E-state index in [9.17, 15) is 8.78 Å². The number of benzene rings is 3. The van der Waals surface area contributed by atoms with Crippen LogP contribution in [-0.2, 0) is 26.5 Å². The van der Waals surface area contributed by atoms with Crippen molar-refractivity contribution in [2.75, 3.05) is 6.54 Å². The molecule has 0 saturated heterocycles. The van der Waals surface area contributed by atoms with E-state index < -0.39 is 11.6 Å². The van der Waals surface area contributed by atoms with E-state index in [4.69, 9.17) is 0 Å². The van der Waals surface area contributed by atoms with Crippen molar-refractivity contribution < 1.29 is 28.9 Å². The standard InChI is InChI=1S/C18H12F2N.C11H10N2.Ir/c1-12-9-18(14-7-8-16(19)17(20)10-14)21-11-15(12)13-5-3-2-4-6-13;1-2-4-10-9(3-1)5-7-13-8-6-12-11(10)13;/h2-9,11H,1H3;1-3,6,8,11H,5,7H2;/q-1;-2;+3. The van der Waals surface area contributed by atoms with Crippen LogP contribution in [0.4, 0.5) is 8.78 Å². The van der Waals surface area contributed by atoms with E-state index in [0.29, 0.717) is 11.3 Å². The molecule has 0 saturated carbocycles. The predicted octanol–water partition coefficient (Wildman–Crippen LogP) is 7.00. The first-order valence-electron chi connectivity index (χ1n) is 11.1. The molecule has 6 rings (SSSR count). The molecule has 35 heavy (non-hydrogen) atoms. The zero-order valence-electron chi connectivity index (χ0n) is 19.0. The Morgan fingerprint density at radius 3 is 2.66 bits per heavy atom. The Balaban J connectivity index is 0.000000177. The van der Waals surface area contributed by atoms with Gasteiger partial charge in [-0.05, 0) is 36.1 Å². The van der Waals surface area contributed by atoms with E-state index in [1.165, 1.54) is 17.2 Å². The van der Waals surface area contributed by atoms with Gasteiger partial charge in [-0.3, -0.25) is 4.39 Å². The van der Waals surface area contributed by atoms with Gasteiger partial charge in [0.25, 0.3) is 0 Å². The van der Waals surface area contributed by atoms with Gasteiger partial charge in [0.05, 0.1) is 11.6 Å². The minimum atomic E-state index is -0.987. The van der Waals surface area contributed by atoms with Crippen LogP contribution < -0.4 is 0 Å². The van der Waals surface area contributed by atoms with Crippen LogP contribution >= 0.6 is 0 Å². The van der Waals surface area contributed by atoms with Gasteiger partial charge in [-0.1, -0.05) is 42.8 Å². The van der Waals surface area contributed by atoms with Gasteiger partial charge < -0.3 is 15.2 Å². The fourth-order valence-electron chi connectivity index (χ4n) is 4.22. The maximum Gasteiger partial charge on any atom is 3.00 e. The molecule has 3 heterocycles. The van der Waals surface area contributed by atoms with E-state index in [1.54, 1.807) is 6.20 Å². The second-order valence-electron chi connectivity index (χ2n) is 8.20. The Morgan fingerprint density at radius 1 is 1.06 bits per heavy atom. The van der Waals surface area contributed by atoms with Crippen molar-refractivity contribution in [2.24, 2.45) is 0 Å². The maximum atomic E-state index is 13.3. The molecule has 2 aliphatic rings. The first kappa shape index (κ1) is 24.8. The molecule has 0 bridgehead atoms. The molecule has 2 aliphatic heterocycles. The zero-order valence-corrected chi connectivity index (χ0v) is 21.4. The van der Waals surface area contributed by atoms with Crippen LogP contribution in [0.25, 0.3) is 27.7 Å². The first-order chi connectivity index (χ1) is 16.6. The largest absolute Gasteiger partial charge is 3.00 e. The summed E-state index contributed by atoms with van der Waals surface area (Å²) < 4.78 is 26.2. The fraction of sp³-hybridized carbons (Fsp3) is 0.138. The maximum absolute atomic E-state index is 13.3. The van der Waals surface area contributed by atoms with E-state index in [1.807, 2.05) is 55.6 Å². The van der Waals surface area contributed by atoms with Crippen molar-refractivity contribution in [3.63, 3.8) is 0 Å². The molecular weight excluding hydrogens is 621 g/mol. The zero-order chi connectivity index (χ0) is 23.5. The van der Waals surface area contributed by atoms with Crippen molar-refractivity contribution >= 4 is 0 Å². The van der Waals surface area contributed by atoms with Crippen LogP contribution in [-0.4, -0.2) is 16.4 Å². The number of nitrogens with zero attached hydrogens (tertiary/aromatic N) is 3. The molecule has 1 aromatic heterocycles. The molecule has 0 radical (unpaired) electrons. The fourth-order valence-corrected chi connectivity index (χ4v) is 4.22. The topological polar surface area (TPSA) is 30.2 Å². The third-order valence-electron chi connectivity index (χ3n) is 6.00. The molecule has 0 aliphatic carbocycles. The van der Waals surface area contributed by atoms with Crippen molar-refractivity contribution in [2.45, 2.75) is 19.5 Å². The molecule has 3 aromatic carbocycles. The molecule has 4 aromatic rings. The molecule has 3 nitrogen and oxygen atoms in total. The number of fused-ring (bicyclic) bond motifs is 3. The van der Waals surface area contributed by atoms with Crippen molar-refractivity contribution in [3.05, 3.63) is 131 Å². The number of hydrogen-bond acceptors (Lipinski definition) is 2. The van der Waals surface area contributed by atoms with Crippen LogP contribution in [0.3, 0.4) is 0 Å². The number of aryl methyl sites for hydroxylation is 1. The van der Waals surface area contributed by atoms with E-state index in [0.717, 1.165) is 35.7 Å². The molecule has 1 unspecified atom stereocenters. The Hall–Kier alpha value is -3.34. The van der Waals surface area contributed by atoms with Crippen LogP contribution in [0, 0.1) is 30.7 Å². The minimum Gasteiger partial charge on any atom is -0.668 e. The molecule has 0 fully saturated rings. The quantitative estimate of drug-likeness (QED) is 0.221. The Labute approximate surface area is 217 Å². The molecule has 0 N–H and O–H groups in total. The summed E-state index contributed by atoms with van der Waals surface area (Å²) in [6.07, 6.45) is 7.03. The van der Waals surface area contributed by atoms with Gasteiger partial charge in [0.2, 0.25) is 0 Å². The van der Waals surface area contributed by atoms with E-state index in [-0.39, 0.29) is 26.3 Å². The summed E-state index contributed by atoms with van der Waals surface area (Å²) >= 11 is 0. The van der Waals surface area contributed by atoms with Crippen LogP contribution in [0.2, 0.25) is 0 Å². The van der Waals surface area contributed by atoms with Gasteiger partial charge in [0, 0.05) is 18.3 Å². The smallest absolute Gasteiger partial charge is 0.668 e. The van der Waals surface area contributed by atoms with Gasteiger partial charge in [-0.2, -0.15) is 41.6 Å². The summed E-state index contributed by atoms with van der Waals surface area (Å²) in [7, 11) is 0. The summed E-state index contributed by atoms with van der Waals surface area (Å²) in [6.45, 7) is 3.04. The second kappa shape index (κ2) is 10.9. The average Bonchev–Trinajstić information content (AvgIpc) is 3.36. The number of halogens is 2. The van der Waals surface area contributed by atoms with Gasteiger partial charge >= 0.3 is 20.1 Å². The number of pyridine rings is 1. The van der Waals surface area contributed by atoms with Gasteiger partial charge in [-0.25, -0.2) is 4.39 Å². The molecular formula is C29H22F2IrN3. The van der Waals surface area contributed by atoms with Crippen molar-refractivity contribution in [3.8, 4) is 22.4 Å². The third-order valence-corrected chi connectivity index (χ3v) is 6.00. The minimum absolute atomic E-state index is 0. The summed E-state index contributed by atoms with van der Waals surface area (Å²) in [4.78, 5) is 6.60. The van der Waals surface area contributed by atoms with Gasteiger partial charge in [-0.15, -0.1) is 23.8 Å². The molecule has 176 valence electrons. The van der Waals surface area contributed by atoms with Crippen LogP contribution in [0.1, 0.15) is 22.9 Å². The molecule has 0 spiro atoms. The molecule has 1 atom stereocenters. The number of hydrogen-bond donors (Lipinski definition) is 0. The summed E-state index contributed by atoms with van der Waals surface area (Å²) in [6, 6.07) is 26.2. The monoisotopic (exact) mass is 643 g/mol. The summed E-state index contributed by atoms with van der Waals surface area (Å²) in [5.74, 6) is -1.89.